The fourth-order valence-corrected chi connectivity index (χ4v) is 3.99. The van der Waals surface area contributed by atoms with E-state index in [4.69, 9.17) is 4.74 Å². The van der Waals surface area contributed by atoms with E-state index in [-0.39, 0.29) is 11.6 Å². The molecule has 1 saturated carbocycles. The molecule has 21 heavy (non-hydrogen) atoms. The molecular weight excluding hydrogens is 332 g/mol. The molecule has 0 spiro atoms. The van der Waals surface area contributed by atoms with Crippen molar-refractivity contribution in [3.05, 3.63) is 10.3 Å². The molecule has 1 fully saturated rings. The van der Waals surface area contributed by atoms with Gasteiger partial charge in [-0.1, -0.05) is 19.1 Å². The van der Waals surface area contributed by atoms with Crippen LogP contribution < -0.4 is 5.32 Å². The van der Waals surface area contributed by atoms with E-state index in [2.05, 4.69) is 52.3 Å². The van der Waals surface area contributed by atoms with Crippen LogP contribution in [0.5, 0.6) is 0 Å². The number of likely N-dealkylation sites (N-methyl/N-ethyl adjacent to an activating group) is 1. The fraction of sp³-hybridized carbons (Fsp3) is 0.867. The average Bonchev–Trinajstić information content (AvgIpc) is 2.79. The fourth-order valence-electron chi connectivity index (χ4n) is 3.44. The third kappa shape index (κ3) is 3.48. The standard InChI is InChI=1S/C15H27BrN4O/c1-5-17-13(12-14(16)18-19-20(12)4)15(21-6-2)9-7-11(3)8-10-15/h11,13,17H,5-10H2,1-4H3. The van der Waals surface area contributed by atoms with Crippen LogP contribution in [0.15, 0.2) is 4.60 Å². The third-order valence-corrected chi connectivity index (χ3v) is 5.15. The van der Waals surface area contributed by atoms with Gasteiger partial charge in [0.05, 0.1) is 17.3 Å². The van der Waals surface area contributed by atoms with Gasteiger partial charge in [0.15, 0.2) is 4.60 Å². The Morgan fingerprint density at radius 3 is 2.57 bits per heavy atom. The van der Waals surface area contributed by atoms with E-state index < -0.39 is 0 Å². The molecule has 1 aliphatic carbocycles. The van der Waals surface area contributed by atoms with Gasteiger partial charge in [0.2, 0.25) is 0 Å². The number of aryl methyl sites for hydroxylation is 1. The quantitative estimate of drug-likeness (QED) is 0.848. The van der Waals surface area contributed by atoms with Crippen molar-refractivity contribution in [2.75, 3.05) is 13.2 Å². The third-order valence-electron chi connectivity index (χ3n) is 4.59. The minimum atomic E-state index is -0.157. The number of hydrogen-bond donors (Lipinski definition) is 1. The molecule has 1 heterocycles. The summed E-state index contributed by atoms with van der Waals surface area (Å²) in [6, 6.07) is 0.115. The first-order chi connectivity index (χ1) is 10.0. The van der Waals surface area contributed by atoms with Gasteiger partial charge in [0.1, 0.15) is 0 Å². The monoisotopic (exact) mass is 358 g/mol. The molecule has 1 N–H and O–H groups in total. The van der Waals surface area contributed by atoms with Crippen molar-refractivity contribution in [3.8, 4) is 0 Å². The summed E-state index contributed by atoms with van der Waals surface area (Å²) in [4.78, 5) is 0. The number of hydrogen-bond acceptors (Lipinski definition) is 4. The molecule has 1 unspecified atom stereocenters. The first-order valence-corrected chi connectivity index (χ1v) is 8.75. The SMILES string of the molecule is CCNC(c1c(Br)nnn1C)C1(OCC)CCC(C)CC1. The Balaban J connectivity index is 2.37. The molecule has 1 aromatic rings. The van der Waals surface area contributed by atoms with Crippen LogP contribution in [0.25, 0.3) is 0 Å². The molecule has 0 amide bonds. The largest absolute Gasteiger partial charge is 0.373 e. The molecule has 0 bridgehead atoms. The molecule has 0 radical (unpaired) electrons. The van der Waals surface area contributed by atoms with Gasteiger partial charge in [0, 0.05) is 13.7 Å². The summed E-state index contributed by atoms with van der Waals surface area (Å²) in [5, 5.41) is 11.9. The second-order valence-corrected chi connectivity index (χ2v) is 6.81. The first kappa shape index (κ1) is 16.9. The van der Waals surface area contributed by atoms with Crippen molar-refractivity contribution < 1.29 is 4.74 Å². The van der Waals surface area contributed by atoms with E-state index >= 15 is 0 Å². The first-order valence-electron chi connectivity index (χ1n) is 7.96. The summed E-state index contributed by atoms with van der Waals surface area (Å²) in [6.07, 6.45) is 4.59. The summed E-state index contributed by atoms with van der Waals surface area (Å²) in [6.45, 7) is 8.18. The van der Waals surface area contributed by atoms with Gasteiger partial charge < -0.3 is 10.1 Å². The van der Waals surface area contributed by atoms with Crippen LogP contribution in [0.4, 0.5) is 0 Å². The van der Waals surface area contributed by atoms with Gasteiger partial charge in [-0.15, -0.1) is 5.10 Å². The van der Waals surface area contributed by atoms with Crippen LogP contribution in [0.1, 0.15) is 58.2 Å². The van der Waals surface area contributed by atoms with Crippen LogP contribution in [0, 0.1) is 5.92 Å². The van der Waals surface area contributed by atoms with E-state index in [1.807, 2.05) is 11.7 Å². The van der Waals surface area contributed by atoms with E-state index in [9.17, 15) is 0 Å². The zero-order valence-electron chi connectivity index (χ0n) is 13.5. The molecule has 120 valence electrons. The van der Waals surface area contributed by atoms with Gasteiger partial charge in [-0.05, 0) is 61.0 Å². The molecular formula is C15H27BrN4O. The van der Waals surface area contributed by atoms with Crippen molar-refractivity contribution in [3.63, 3.8) is 0 Å². The van der Waals surface area contributed by atoms with Gasteiger partial charge >= 0.3 is 0 Å². The minimum Gasteiger partial charge on any atom is -0.373 e. The number of nitrogens with zero attached hydrogens (tertiary/aromatic N) is 3. The smallest absolute Gasteiger partial charge is 0.153 e. The van der Waals surface area contributed by atoms with Crippen molar-refractivity contribution in [2.45, 2.75) is 58.1 Å². The maximum Gasteiger partial charge on any atom is 0.153 e. The second kappa shape index (κ2) is 7.20. The molecule has 2 rings (SSSR count). The highest BCUT2D eigenvalue weighted by molar-refractivity contribution is 9.10. The van der Waals surface area contributed by atoms with Gasteiger partial charge in [-0.2, -0.15) is 0 Å². The van der Waals surface area contributed by atoms with Crippen molar-refractivity contribution >= 4 is 15.9 Å². The van der Waals surface area contributed by atoms with Crippen molar-refractivity contribution in [2.24, 2.45) is 13.0 Å². The summed E-state index contributed by atoms with van der Waals surface area (Å²) >= 11 is 3.55. The molecule has 0 saturated heterocycles. The number of ether oxygens (including phenoxy) is 1. The van der Waals surface area contributed by atoms with Crippen molar-refractivity contribution in [1.82, 2.24) is 20.3 Å². The highest BCUT2D eigenvalue weighted by Crippen LogP contribution is 2.44. The predicted molar refractivity (Wildman–Crippen MR) is 87.1 cm³/mol. The molecule has 0 aromatic carbocycles. The predicted octanol–water partition coefficient (Wildman–Crippen LogP) is 3.21. The number of rotatable bonds is 6. The van der Waals surface area contributed by atoms with E-state index in [1.54, 1.807) is 0 Å². The van der Waals surface area contributed by atoms with Crippen LogP contribution in [0.2, 0.25) is 0 Å². The summed E-state index contributed by atoms with van der Waals surface area (Å²) in [7, 11) is 1.95. The van der Waals surface area contributed by atoms with Gasteiger partial charge in [0.25, 0.3) is 0 Å². The molecule has 1 atom stereocenters. The van der Waals surface area contributed by atoms with E-state index in [1.165, 1.54) is 12.8 Å². The Labute approximate surface area is 135 Å². The minimum absolute atomic E-state index is 0.115. The lowest BCUT2D eigenvalue weighted by atomic mass is 9.74. The van der Waals surface area contributed by atoms with Gasteiger partial charge in [-0.25, -0.2) is 4.68 Å². The Kier molecular flexibility index (Phi) is 5.80. The van der Waals surface area contributed by atoms with Crippen molar-refractivity contribution in [1.29, 1.82) is 0 Å². The highest BCUT2D eigenvalue weighted by Gasteiger charge is 2.44. The van der Waals surface area contributed by atoms with Crippen LogP contribution in [-0.2, 0) is 11.8 Å². The number of halogens is 1. The molecule has 6 heteroatoms. The summed E-state index contributed by atoms with van der Waals surface area (Å²) in [5.41, 5.74) is 0.926. The van der Waals surface area contributed by atoms with Gasteiger partial charge in [-0.3, -0.25) is 0 Å². The topological polar surface area (TPSA) is 52.0 Å². The zero-order valence-corrected chi connectivity index (χ0v) is 15.1. The van der Waals surface area contributed by atoms with Crippen LogP contribution >= 0.6 is 15.9 Å². The summed E-state index contributed by atoms with van der Waals surface area (Å²) < 4.78 is 8.99. The number of aromatic nitrogens is 3. The van der Waals surface area contributed by atoms with E-state index in [0.29, 0.717) is 0 Å². The second-order valence-electron chi connectivity index (χ2n) is 6.06. The van der Waals surface area contributed by atoms with E-state index in [0.717, 1.165) is 42.2 Å². The Bertz CT molecular complexity index is 435. The Hall–Kier alpha value is -0.460. The van der Waals surface area contributed by atoms with Crippen LogP contribution in [0.3, 0.4) is 0 Å². The maximum absolute atomic E-state index is 6.32. The average molecular weight is 359 g/mol. The summed E-state index contributed by atoms with van der Waals surface area (Å²) in [5.74, 6) is 0.786. The van der Waals surface area contributed by atoms with Crippen LogP contribution in [-0.4, -0.2) is 33.7 Å². The maximum atomic E-state index is 6.32. The molecule has 1 aliphatic rings. The lowest BCUT2D eigenvalue weighted by molar-refractivity contribution is -0.0989. The molecule has 1 aromatic heterocycles. The molecule has 5 nitrogen and oxygen atoms in total. The Morgan fingerprint density at radius 1 is 1.43 bits per heavy atom. The highest BCUT2D eigenvalue weighted by atomic mass is 79.9. The number of nitrogens with one attached hydrogen (secondary N) is 1. The molecule has 0 aliphatic heterocycles. The normalized spacial score (nSPS) is 27.8. The lowest BCUT2D eigenvalue weighted by Crippen LogP contribution is -2.49. The zero-order chi connectivity index (χ0) is 15.5. The Morgan fingerprint density at radius 2 is 2.10 bits per heavy atom. The lowest BCUT2D eigenvalue weighted by Gasteiger charge is -2.45.